The second kappa shape index (κ2) is 4.25. The summed E-state index contributed by atoms with van der Waals surface area (Å²) in [4.78, 5) is 10.2. The lowest BCUT2D eigenvalue weighted by Gasteiger charge is -2.18. The normalized spacial score (nSPS) is 9.69. The summed E-state index contributed by atoms with van der Waals surface area (Å²) in [7, 11) is 0. The van der Waals surface area contributed by atoms with E-state index >= 15 is 0 Å². The van der Waals surface area contributed by atoms with Crippen molar-refractivity contribution in [3.63, 3.8) is 0 Å². The summed E-state index contributed by atoms with van der Waals surface area (Å²) in [6.07, 6.45) is 0. The van der Waals surface area contributed by atoms with E-state index in [2.05, 4.69) is 15.9 Å². The minimum atomic E-state index is -1.20. The molecule has 70 valence electrons. The van der Waals surface area contributed by atoms with Crippen molar-refractivity contribution in [2.45, 2.75) is 0 Å². The fourth-order valence-corrected chi connectivity index (χ4v) is 1.13. The minimum absolute atomic E-state index is 0.318. The van der Waals surface area contributed by atoms with Gasteiger partial charge in [0.05, 0.1) is 18.2 Å². The average molecular weight is 244 g/mol. The number of carboxylic acid groups (broad SMARTS) is 1. The molecular formula is C8H8BrN2O2-. The Labute approximate surface area is 84.1 Å². The maximum atomic E-state index is 10.2. The number of benzene rings is 1. The van der Waals surface area contributed by atoms with Crippen LogP contribution >= 0.6 is 15.9 Å². The van der Waals surface area contributed by atoms with Gasteiger partial charge in [0.2, 0.25) is 0 Å². The summed E-state index contributed by atoms with van der Waals surface area (Å²) in [6.45, 7) is -0.318. The van der Waals surface area contributed by atoms with Crippen LogP contribution in [0.1, 0.15) is 0 Å². The fraction of sp³-hybridized carbons (Fsp3) is 0.125. The molecule has 0 bridgehead atoms. The first-order valence-electron chi connectivity index (χ1n) is 3.57. The molecular weight excluding hydrogens is 236 g/mol. The molecule has 0 spiro atoms. The molecule has 4 nitrogen and oxygen atoms in total. The Morgan fingerprint density at radius 1 is 1.46 bits per heavy atom. The van der Waals surface area contributed by atoms with Crippen molar-refractivity contribution in [1.29, 1.82) is 0 Å². The molecule has 1 aromatic carbocycles. The summed E-state index contributed by atoms with van der Waals surface area (Å²) in [6, 6.07) is 7.00. The maximum Gasteiger partial charge on any atom is 0.0737 e. The van der Waals surface area contributed by atoms with Gasteiger partial charge in [0.1, 0.15) is 0 Å². The number of carbonyl (C=O) groups excluding carboxylic acids is 1. The summed E-state index contributed by atoms with van der Waals surface area (Å²) < 4.78 is 0.915. The molecule has 0 aliphatic heterocycles. The number of rotatable bonds is 3. The first-order chi connectivity index (χ1) is 6.09. The van der Waals surface area contributed by atoms with Crippen LogP contribution in [0.5, 0.6) is 0 Å². The van der Waals surface area contributed by atoms with Crippen molar-refractivity contribution in [2.75, 3.05) is 11.6 Å². The second-order valence-electron chi connectivity index (χ2n) is 2.48. The minimum Gasteiger partial charge on any atom is -0.548 e. The predicted molar refractivity (Wildman–Crippen MR) is 50.7 cm³/mol. The van der Waals surface area contributed by atoms with Crippen LogP contribution in [0, 0.1) is 0 Å². The summed E-state index contributed by atoms with van der Waals surface area (Å²) >= 11 is 3.26. The van der Waals surface area contributed by atoms with Crippen LogP contribution in [0.15, 0.2) is 28.7 Å². The second-order valence-corrected chi connectivity index (χ2v) is 3.39. The standard InChI is InChI=1S/C8H9BrN2O2/c9-6-1-3-7(4-2-6)11(10)5-8(12)13/h1-4H,5,10H2,(H,12,13)/p-1. The molecule has 0 atom stereocenters. The van der Waals surface area contributed by atoms with Crippen molar-refractivity contribution in [3.05, 3.63) is 28.7 Å². The third kappa shape index (κ3) is 3.04. The van der Waals surface area contributed by atoms with Gasteiger partial charge in [-0.2, -0.15) is 0 Å². The number of hydrogen-bond acceptors (Lipinski definition) is 4. The predicted octanol–water partition coefficient (Wildman–Crippen LogP) is -0.121. The van der Waals surface area contributed by atoms with Crippen molar-refractivity contribution >= 4 is 27.6 Å². The Bertz CT molecular complexity index is 300. The fourth-order valence-electron chi connectivity index (χ4n) is 0.863. The average Bonchev–Trinajstić information content (AvgIpc) is 2.04. The molecule has 0 aromatic heterocycles. The number of nitrogens with two attached hydrogens (primary N) is 1. The summed E-state index contributed by atoms with van der Waals surface area (Å²) in [5.41, 5.74) is 0.632. The summed E-state index contributed by atoms with van der Waals surface area (Å²) in [5, 5.41) is 11.3. The molecule has 0 saturated carbocycles. The van der Waals surface area contributed by atoms with Crippen LogP contribution in [-0.4, -0.2) is 12.5 Å². The maximum absolute atomic E-state index is 10.2. The van der Waals surface area contributed by atoms with E-state index in [0.717, 1.165) is 9.48 Å². The summed E-state index contributed by atoms with van der Waals surface area (Å²) in [5.74, 6) is 4.24. The smallest absolute Gasteiger partial charge is 0.0737 e. The molecule has 0 aliphatic carbocycles. The number of anilines is 1. The van der Waals surface area contributed by atoms with E-state index in [9.17, 15) is 9.90 Å². The van der Waals surface area contributed by atoms with Crippen molar-refractivity contribution in [1.82, 2.24) is 0 Å². The van der Waals surface area contributed by atoms with Crippen molar-refractivity contribution in [2.24, 2.45) is 5.84 Å². The molecule has 5 heteroatoms. The molecule has 0 fully saturated rings. The van der Waals surface area contributed by atoms with Gasteiger partial charge in [-0.15, -0.1) is 0 Å². The number of hydrogen-bond donors (Lipinski definition) is 1. The third-order valence-corrected chi connectivity index (χ3v) is 1.99. The molecule has 0 unspecified atom stereocenters. The molecule has 13 heavy (non-hydrogen) atoms. The quantitative estimate of drug-likeness (QED) is 0.594. The SMILES string of the molecule is NN(CC(=O)[O-])c1ccc(Br)cc1. The molecule has 0 amide bonds. The monoisotopic (exact) mass is 243 g/mol. The van der Waals surface area contributed by atoms with Crippen LogP contribution in [0.4, 0.5) is 5.69 Å². The third-order valence-electron chi connectivity index (χ3n) is 1.46. The van der Waals surface area contributed by atoms with E-state index in [4.69, 9.17) is 5.84 Å². The highest BCUT2D eigenvalue weighted by Gasteiger charge is 2.00. The van der Waals surface area contributed by atoms with E-state index in [1.807, 2.05) is 0 Å². The lowest BCUT2D eigenvalue weighted by molar-refractivity contribution is -0.303. The first-order valence-corrected chi connectivity index (χ1v) is 4.36. The van der Waals surface area contributed by atoms with Gasteiger partial charge in [-0.25, -0.2) is 5.84 Å². The van der Waals surface area contributed by atoms with Crippen LogP contribution in [0.2, 0.25) is 0 Å². The van der Waals surface area contributed by atoms with E-state index in [1.165, 1.54) is 0 Å². The topological polar surface area (TPSA) is 69.4 Å². The number of carbonyl (C=O) groups is 1. The Balaban J connectivity index is 2.71. The Kier molecular flexibility index (Phi) is 3.27. The number of halogens is 1. The molecule has 0 saturated heterocycles. The van der Waals surface area contributed by atoms with Crippen LogP contribution in [-0.2, 0) is 4.79 Å². The molecule has 0 aliphatic rings. The lowest BCUT2D eigenvalue weighted by atomic mass is 10.3. The van der Waals surface area contributed by atoms with Gasteiger partial charge in [0, 0.05) is 4.47 Å². The van der Waals surface area contributed by atoms with Gasteiger partial charge in [0.15, 0.2) is 0 Å². The number of aliphatic carboxylic acids is 1. The zero-order valence-electron chi connectivity index (χ0n) is 6.74. The van der Waals surface area contributed by atoms with Gasteiger partial charge in [-0.05, 0) is 24.3 Å². The van der Waals surface area contributed by atoms with Crippen LogP contribution < -0.4 is 16.0 Å². The van der Waals surface area contributed by atoms with E-state index in [1.54, 1.807) is 24.3 Å². The van der Waals surface area contributed by atoms with Gasteiger partial charge < -0.3 is 14.9 Å². The molecule has 1 rings (SSSR count). The largest absolute Gasteiger partial charge is 0.548 e. The zero-order chi connectivity index (χ0) is 9.84. The Hall–Kier alpha value is -1.07. The van der Waals surface area contributed by atoms with Gasteiger partial charge in [0.25, 0.3) is 0 Å². The molecule has 1 aromatic rings. The highest BCUT2D eigenvalue weighted by molar-refractivity contribution is 9.10. The van der Waals surface area contributed by atoms with E-state index < -0.39 is 5.97 Å². The van der Waals surface area contributed by atoms with Crippen LogP contribution in [0.3, 0.4) is 0 Å². The van der Waals surface area contributed by atoms with Crippen molar-refractivity contribution < 1.29 is 9.90 Å². The van der Waals surface area contributed by atoms with E-state index in [0.29, 0.717) is 5.69 Å². The highest BCUT2D eigenvalue weighted by Crippen LogP contribution is 2.15. The molecule has 2 N–H and O–H groups in total. The molecule has 0 heterocycles. The molecule has 0 radical (unpaired) electrons. The number of carboxylic acids is 1. The highest BCUT2D eigenvalue weighted by atomic mass is 79.9. The Morgan fingerprint density at radius 2 is 2.00 bits per heavy atom. The Morgan fingerprint density at radius 3 is 2.46 bits per heavy atom. The van der Waals surface area contributed by atoms with E-state index in [-0.39, 0.29) is 6.54 Å². The zero-order valence-corrected chi connectivity index (χ0v) is 8.32. The van der Waals surface area contributed by atoms with Gasteiger partial charge in [-0.3, -0.25) is 0 Å². The van der Waals surface area contributed by atoms with Gasteiger partial charge in [-0.1, -0.05) is 15.9 Å². The van der Waals surface area contributed by atoms with Gasteiger partial charge >= 0.3 is 0 Å². The number of hydrazine groups is 1. The first kappa shape index (κ1) is 10.0. The van der Waals surface area contributed by atoms with Crippen LogP contribution in [0.25, 0.3) is 0 Å². The van der Waals surface area contributed by atoms with Crippen molar-refractivity contribution in [3.8, 4) is 0 Å². The number of nitrogens with zero attached hydrogens (tertiary/aromatic N) is 1. The lowest BCUT2D eigenvalue weighted by Crippen LogP contribution is -2.42.